The highest BCUT2D eigenvalue weighted by Crippen LogP contribution is 2.12. The molecule has 0 aliphatic heterocycles. The topological polar surface area (TPSA) is 42.0 Å². The molecule has 1 rings (SSSR count). The third-order valence-electron chi connectivity index (χ3n) is 3.69. The molecule has 0 aromatic carbocycles. The van der Waals surface area contributed by atoms with Crippen LogP contribution in [0.3, 0.4) is 0 Å². The predicted octanol–water partition coefficient (Wildman–Crippen LogP) is 5.25. The van der Waals surface area contributed by atoms with E-state index in [1.807, 2.05) is 19.1 Å². The lowest BCUT2D eigenvalue weighted by atomic mass is 10.1. The van der Waals surface area contributed by atoms with Crippen molar-refractivity contribution in [3.8, 4) is 0 Å². The van der Waals surface area contributed by atoms with E-state index in [0.29, 0.717) is 6.42 Å². The summed E-state index contributed by atoms with van der Waals surface area (Å²) in [6.45, 7) is 4.18. The first-order valence-electron chi connectivity index (χ1n) is 8.45. The molecule has 1 heterocycles. The number of amides is 1. The van der Waals surface area contributed by atoms with Crippen LogP contribution in [0.1, 0.15) is 76.8 Å². The first-order valence-corrected chi connectivity index (χ1v) is 8.45. The Kier molecular flexibility index (Phi) is 9.51. The molecule has 3 heteroatoms. The van der Waals surface area contributed by atoms with Gasteiger partial charge in [0.15, 0.2) is 0 Å². The number of carbonyl (C=O) groups is 1. The van der Waals surface area contributed by atoms with Crippen molar-refractivity contribution >= 4 is 11.6 Å². The van der Waals surface area contributed by atoms with Crippen molar-refractivity contribution in [1.29, 1.82) is 0 Å². The largest absolute Gasteiger partial charge is 0.326 e. The molecule has 0 saturated heterocycles. The minimum absolute atomic E-state index is 0.114. The Morgan fingerprint density at radius 2 is 1.67 bits per heavy atom. The van der Waals surface area contributed by atoms with Gasteiger partial charge in [0, 0.05) is 24.0 Å². The molecule has 1 aromatic heterocycles. The molecule has 0 aliphatic rings. The fraction of sp³-hybridized carbons (Fsp3) is 0.667. The SMILES string of the molecule is CCCCCCCCCCCC(=O)Nc1ccnc(C)c1. The molecule has 1 aromatic rings. The predicted molar refractivity (Wildman–Crippen MR) is 89.4 cm³/mol. The maximum atomic E-state index is 11.8. The number of aryl methyl sites for hydroxylation is 1. The first kappa shape index (κ1) is 17.7. The molecular weight excluding hydrogens is 260 g/mol. The number of nitrogens with zero attached hydrogens (tertiary/aromatic N) is 1. The molecule has 118 valence electrons. The van der Waals surface area contributed by atoms with Gasteiger partial charge in [-0.25, -0.2) is 0 Å². The summed E-state index contributed by atoms with van der Waals surface area (Å²) in [5.41, 5.74) is 1.78. The summed E-state index contributed by atoms with van der Waals surface area (Å²) in [5, 5.41) is 2.93. The van der Waals surface area contributed by atoms with Gasteiger partial charge in [-0.2, -0.15) is 0 Å². The number of carbonyl (C=O) groups excluding carboxylic acids is 1. The molecule has 1 N–H and O–H groups in total. The van der Waals surface area contributed by atoms with E-state index < -0.39 is 0 Å². The molecule has 0 fully saturated rings. The van der Waals surface area contributed by atoms with Crippen molar-refractivity contribution in [3.05, 3.63) is 24.0 Å². The summed E-state index contributed by atoms with van der Waals surface area (Å²) in [4.78, 5) is 15.9. The zero-order valence-corrected chi connectivity index (χ0v) is 13.7. The Balaban J connectivity index is 1.99. The van der Waals surface area contributed by atoms with E-state index in [0.717, 1.165) is 24.2 Å². The van der Waals surface area contributed by atoms with E-state index in [-0.39, 0.29) is 5.91 Å². The van der Waals surface area contributed by atoms with Gasteiger partial charge < -0.3 is 5.32 Å². The van der Waals surface area contributed by atoms with Crippen LogP contribution in [0.5, 0.6) is 0 Å². The molecular formula is C18H30N2O. The second kappa shape index (κ2) is 11.3. The number of rotatable bonds is 11. The summed E-state index contributed by atoms with van der Waals surface area (Å²) in [6.07, 6.45) is 13.9. The van der Waals surface area contributed by atoms with Gasteiger partial charge in [0.1, 0.15) is 0 Å². The summed E-state index contributed by atoms with van der Waals surface area (Å²) in [7, 11) is 0. The van der Waals surface area contributed by atoms with Crippen LogP contribution in [0.15, 0.2) is 18.3 Å². The van der Waals surface area contributed by atoms with Gasteiger partial charge in [-0.15, -0.1) is 0 Å². The number of hydrogen-bond donors (Lipinski definition) is 1. The van der Waals surface area contributed by atoms with E-state index in [1.54, 1.807) is 6.20 Å². The average Bonchev–Trinajstić information content (AvgIpc) is 2.45. The highest BCUT2D eigenvalue weighted by atomic mass is 16.1. The number of anilines is 1. The maximum Gasteiger partial charge on any atom is 0.224 e. The fourth-order valence-electron chi connectivity index (χ4n) is 2.44. The minimum atomic E-state index is 0.114. The molecule has 0 saturated carbocycles. The van der Waals surface area contributed by atoms with Crippen molar-refractivity contribution in [2.24, 2.45) is 0 Å². The number of nitrogens with one attached hydrogen (secondary N) is 1. The van der Waals surface area contributed by atoms with Crippen LogP contribution in [0.4, 0.5) is 5.69 Å². The standard InChI is InChI=1S/C18H30N2O/c1-3-4-5-6-7-8-9-10-11-12-18(21)20-17-13-14-19-16(2)15-17/h13-15H,3-12H2,1-2H3,(H,19,20,21). The van der Waals surface area contributed by atoms with Crippen LogP contribution in [0, 0.1) is 6.92 Å². The Morgan fingerprint density at radius 3 is 2.29 bits per heavy atom. The lowest BCUT2D eigenvalue weighted by Gasteiger charge is -2.05. The highest BCUT2D eigenvalue weighted by Gasteiger charge is 2.02. The van der Waals surface area contributed by atoms with Crippen molar-refractivity contribution in [2.45, 2.75) is 78.1 Å². The number of hydrogen-bond acceptors (Lipinski definition) is 2. The maximum absolute atomic E-state index is 11.8. The Morgan fingerprint density at radius 1 is 1.05 bits per heavy atom. The number of pyridine rings is 1. The molecule has 0 unspecified atom stereocenters. The molecule has 0 aliphatic carbocycles. The second-order valence-corrected chi connectivity index (χ2v) is 5.81. The Labute approximate surface area is 129 Å². The normalized spacial score (nSPS) is 10.6. The molecule has 1 amide bonds. The van der Waals surface area contributed by atoms with Gasteiger partial charge in [0.05, 0.1) is 0 Å². The van der Waals surface area contributed by atoms with E-state index >= 15 is 0 Å². The van der Waals surface area contributed by atoms with Crippen molar-refractivity contribution in [1.82, 2.24) is 4.98 Å². The van der Waals surface area contributed by atoms with Crippen LogP contribution in [-0.2, 0) is 4.79 Å². The fourth-order valence-corrected chi connectivity index (χ4v) is 2.44. The second-order valence-electron chi connectivity index (χ2n) is 5.81. The van der Waals surface area contributed by atoms with Crippen molar-refractivity contribution < 1.29 is 4.79 Å². The van der Waals surface area contributed by atoms with Gasteiger partial charge in [-0.3, -0.25) is 9.78 Å². The Hall–Kier alpha value is -1.38. The zero-order chi connectivity index (χ0) is 15.3. The van der Waals surface area contributed by atoms with E-state index in [2.05, 4.69) is 17.2 Å². The quantitative estimate of drug-likeness (QED) is 0.565. The third-order valence-corrected chi connectivity index (χ3v) is 3.69. The Bertz CT molecular complexity index is 404. The molecule has 0 spiro atoms. The smallest absolute Gasteiger partial charge is 0.224 e. The lowest BCUT2D eigenvalue weighted by Crippen LogP contribution is -2.11. The zero-order valence-electron chi connectivity index (χ0n) is 13.7. The van der Waals surface area contributed by atoms with Crippen LogP contribution in [0.25, 0.3) is 0 Å². The van der Waals surface area contributed by atoms with E-state index in [9.17, 15) is 4.79 Å². The van der Waals surface area contributed by atoms with Crippen LogP contribution < -0.4 is 5.32 Å². The average molecular weight is 290 g/mol. The van der Waals surface area contributed by atoms with Crippen molar-refractivity contribution in [2.75, 3.05) is 5.32 Å². The summed E-state index contributed by atoms with van der Waals surface area (Å²) in [5.74, 6) is 0.114. The number of aromatic nitrogens is 1. The van der Waals surface area contributed by atoms with E-state index in [4.69, 9.17) is 0 Å². The summed E-state index contributed by atoms with van der Waals surface area (Å²) >= 11 is 0. The molecule has 0 radical (unpaired) electrons. The van der Waals surface area contributed by atoms with Crippen LogP contribution in [-0.4, -0.2) is 10.9 Å². The van der Waals surface area contributed by atoms with Gasteiger partial charge in [-0.1, -0.05) is 58.3 Å². The lowest BCUT2D eigenvalue weighted by molar-refractivity contribution is -0.116. The molecule has 0 bridgehead atoms. The van der Waals surface area contributed by atoms with Gasteiger partial charge in [0.25, 0.3) is 0 Å². The summed E-state index contributed by atoms with van der Waals surface area (Å²) in [6, 6.07) is 3.73. The minimum Gasteiger partial charge on any atom is -0.326 e. The van der Waals surface area contributed by atoms with Gasteiger partial charge >= 0.3 is 0 Å². The van der Waals surface area contributed by atoms with E-state index in [1.165, 1.54) is 44.9 Å². The van der Waals surface area contributed by atoms with Gasteiger partial charge in [-0.05, 0) is 25.5 Å². The first-order chi connectivity index (χ1) is 10.2. The third kappa shape index (κ3) is 9.22. The monoisotopic (exact) mass is 290 g/mol. The molecule has 3 nitrogen and oxygen atoms in total. The molecule has 21 heavy (non-hydrogen) atoms. The van der Waals surface area contributed by atoms with Crippen LogP contribution in [0.2, 0.25) is 0 Å². The van der Waals surface area contributed by atoms with Gasteiger partial charge in [0.2, 0.25) is 5.91 Å². The van der Waals surface area contributed by atoms with Crippen molar-refractivity contribution in [3.63, 3.8) is 0 Å². The van der Waals surface area contributed by atoms with Crippen LogP contribution >= 0.6 is 0 Å². The summed E-state index contributed by atoms with van der Waals surface area (Å²) < 4.78 is 0. The number of unbranched alkanes of at least 4 members (excludes halogenated alkanes) is 8. The highest BCUT2D eigenvalue weighted by molar-refractivity contribution is 5.90. The molecule has 0 atom stereocenters.